The van der Waals surface area contributed by atoms with Gasteiger partial charge in [-0.05, 0) is 30.3 Å². The zero-order valence-corrected chi connectivity index (χ0v) is 14.9. The minimum atomic E-state index is -0.330. The lowest BCUT2D eigenvalue weighted by atomic mass is 10.1. The minimum absolute atomic E-state index is 0.129. The van der Waals surface area contributed by atoms with E-state index in [9.17, 15) is 4.79 Å². The van der Waals surface area contributed by atoms with Gasteiger partial charge in [-0.2, -0.15) is 0 Å². The van der Waals surface area contributed by atoms with E-state index in [0.717, 1.165) is 27.4 Å². The first-order valence-electron chi connectivity index (χ1n) is 8.95. The second kappa shape index (κ2) is 6.54. The van der Waals surface area contributed by atoms with Crippen molar-refractivity contribution in [3.8, 4) is 22.8 Å². The highest BCUT2D eigenvalue weighted by atomic mass is 16.7. The van der Waals surface area contributed by atoms with Gasteiger partial charge >= 0.3 is 0 Å². The Kier molecular flexibility index (Phi) is 3.87. The molecular formula is C21H17N3O4. The fourth-order valence-corrected chi connectivity index (χ4v) is 3.47. The van der Waals surface area contributed by atoms with Crippen molar-refractivity contribution >= 4 is 27.7 Å². The average molecular weight is 375 g/mol. The zero-order valence-electron chi connectivity index (χ0n) is 14.9. The SMILES string of the molecule is O=C(NCCO)c1cc2c([nH]c3ccccc32)c(-c2ccc3c(c2)OCO3)n1. The standard InChI is InChI=1S/C21H17N3O4/c25-8-7-22-21(26)16-10-14-13-3-1-2-4-15(13)23-20(14)19(24-16)12-5-6-17-18(9-12)28-11-27-17/h1-6,9-10,23,25H,7-8,11H2,(H,22,26). The molecule has 1 aliphatic rings. The first-order valence-corrected chi connectivity index (χ1v) is 8.95. The summed E-state index contributed by atoms with van der Waals surface area (Å²) in [5.74, 6) is 1.01. The van der Waals surface area contributed by atoms with Crippen molar-refractivity contribution in [2.45, 2.75) is 0 Å². The van der Waals surface area contributed by atoms with Gasteiger partial charge in [0.1, 0.15) is 5.69 Å². The van der Waals surface area contributed by atoms with Crippen LogP contribution in [-0.2, 0) is 0 Å². The van der Waals surface area contributed by atoms with Crippen LogP contribution in [0.5, 0.6) is 11.5 Å². The van der Waals surface area contributed by atoms with Crippen molar-refractivity contribution in [3.63, 3.8) is 0 Å². The van der Waals surface area contributed by atoms with E-state index in [-0.39, 0.29) is 25.9 Å². The molecular weight excluding hydrogens is 358 g/mol. The van der Waals surface area contributed by atoms with Gasteiger partial charge in [0.05, 0.1) is 17.8 Å². The number of aromatic nitrogens is 2. The number of H-pyrrole nitrogens is 1. The maximum atomic E-state index is 12.5. The fraction of sp³-hybridized carbons (Fsp3) is 0.143. The quantitative estimate of drug-likeness (QED) is 0.510. The molecule has 7 nitrogen and oxygen atoms in total. The molecule has 0 fully saturated rings. The lowest BCUT2D eigenvalue weighted by Crippen LogP contribution is -2.27. The van der Waals surface area contributed by atoms with Gasteiger partial charge < -0.3 is 24.9 Å². The third-order valence-corrected chi connectivity index (χ3v) is 4.77. The number of carbonyl (C=O) groups is 1. The smallest absolute Gasteiger partial charge is 0.270 e. The van der Waals surface area contributed by atoms with Crippen LogP contribution in [0.15, 0.2) is 48.5 Å². The molecule has 2 aromatic carbocycles. The number of pyridine rings is 1. The second-order valence-corrected chi connectivity index (χ2v) is 6.50. The molecule has 7 heteroatoms. The van der Waals surface area contributed by atoms with Crippen molar-refractivity contribution < 1.29 is 19.4 Å². The number of fused-ring (bicyclic) bond motifs is 4. The molecule has 0 unspecified atom stereocenters. The molecule has 28 heavy (non-hydrogen) atoms. The normalized spacial score (nSPS) is 12.6. The van der Waals surface area contributed by atoms with E-state index < -0.39 is 0 Å². The third-order valence-electron chi connectivity index (χ3n) is 4.77. The van der Waals surface area contributed by atoms with Gasteiger partial charge in [-0.3, -0.25) is 4.79 Å². The van der Waals surface area contributed by atoms with E-state index in [0.29, 0.717) is 22.9 Å². The van der Waals surface area contributed by atoms with Crippen LogP contribution in [-0.4, -0.2) is 40.9 Å². The number of nitrogens with zero attached hydrogens (tertiary/aromatic N) is 1. The Bertz CT molecular complexity index is 1220. The summed E-state index contributed by atoms with van der Waals surface area (Å²) in [6.07, 6.45) is 0. The highest BCUT2D eigenvalue weighted by Gasteiger charge is 2.19. The van der Waals surface area contributed by atoms with E-state index in [1.165, 1.54) is 0 Å². The number of carbonyl (C=O) groups excluding carboxylic acids is 1. The predicted molar refractivity (Wildman–Crippen MR) is 105 cm³/mol. The van der Waals surface area contributed by atoms with E-state index >= 15 is 0 Å². The molecule has 0 atom stereocenters. The van der Waals surface area contributed by atoms with Crippen LogP contribution < -0.4 is 14.8 Å². The van der Waals surface area contributed by atoms with Gasteiger partial charge in [-0.1, -0.05) is 18.2 Å². The topological polar surface area (TPSA) is 96.5 Å². The van der Waals surface area contributed by atoms with Gasteiger partial charge in [0.15, 0.2) is 11.5 Å². The monoisotopic (exact) mass is 375 g/mol. The van der Waals surface area contributed by atoms with Crippen LogP contribution in [0.1, 0.15) is 10.5 Å². The van der Waals surface area contributed by atoms with Crippen LogP contribution in [0.25, 0.3) is 33.1 Å². The molecule has 0 saturated carbocycles. The van der Waals surface area contributed by atoms with E-state index in [4.69, 9.17) is 14.6 Å². The van der Waals surface area contributed by atoms with Crippen molar-refractivity contribution in [2.24, 2.45) is 0 Å². The second-order valence-electron chi connectivity index (χ2n) is 6.50. The number of nitrogens with one attached hydrogen (secondary N) is 2. The number of para-hydroxylation sites is 1. The maximum absolute atomic E-state index is 12.5. The largest absolute Gasteiger partial charge is 0.454 e. The van der Waals surface area contributed by atoms with Gasteiger partial charge in [0.2, 0.25) is 6.79 Å². The Morgan fingerprint density at radius 2 is 1.96 bits per heavy atom. The Balaban J connectivity index is 1.75. The first kappa shape index (κ1) is 16.6. The van der Waals surface area contributed by atoms with Crippen LogP contribution in [0.2, 0.25) is 0 Å². The molecule has 0 spiro atoms. The summed E-state index contributed by atoms with van der Waals surface area (Å²) in [6, 6.07) is 15.3. The number of aliphatic hydroxyl groups excluding tert-OH is 1. The Morgan fingerprint density at radius 3 is 2.86 bits per heavy atom. The number of benzene rings is 2. The van der Waals surface area contributed by atoms with Gasteiger partial charge in [-0.25, -0.2) is 4.98 Å². The Labute approximate surface area is 159 Å². The number of aromatic amines is 1. The molecule has 1 amide bonds. The number of rotatable bonds is 4. The maximum Gasteiger partial charge on any atom is 0.270 e. The Morgan fingerprint density at radius 1 is 1.11 bits per heavy atom. The molecule has 2 aromatic heterocycles. The lowest BCUT2D eigenvalue weighted by Gasteiger charge is -2.08. The van der Waals surface area contributed by atoms with E-state index in [1.54, 1.807) is 6.07 Å². The first-order chi connectivity index (χ1) is 13.7. The summed E-state index contributed by atoms with van der Waals surface area (Å²) in [5.41, 5.74) is 3.57. The highest BCUT2D eigenvalue weighted by molar-refractivity contribution is 6.13. The highest BCUT2D eigenvalue weighted by Crippen LogP contribution is 2.38. The number of hydrogen-bond acceptors (Lipinski definition) is 5. The summed E-state index contributed by atoms with van der Waals surface area (Å²) >= 11 is 0. The summed E-state index contributed by atoms with van der Waals surface area (Å²) in [7, 11) is 0. The molecule has 140 valence electrons. The molecule has 1 aliphatic heterocycles. The fourth-order valence-electron chi connectivity index (χ4n) is 3.47. The molecule has 0 saturated heterocycles. The average Bonchev–Trinajstić information content (AvgIpc) is 3.35. The van der Waals surface area contributed by atoms with Crippen molar-refractivity contribution in [3.05, 3.63) is 54.2 Å². The predicted octanol–water partition coefficient (Wildman–Crippen LogP) is 2.83. The van der Waals surface area contributed by atoms with Crippen molar-refractivity contribution in [1.29, 1.82) is 0 Å². The molecule has 3 N–H and O–H groups in total. The van der Waals surface area contributed by atoms with Gasteiger partial charge in [0, 0.05) is 28.4 Å². The molecule has 0 radical (unpaired) electrons. The molecule has 5 rings (SSSR count). The van der Waals surface area contributed by atoms with Crippen molar-refractivity contribution in [2.75, 3.05) is 19.9 Å². The van der Waals surface area contributed by atoms with E-state index in [1.807, 2.05) is 42.5 Å². The minimum Gasteiger partial charge on any atom is -0.454 e. The lowest BCUT2D eigenvalue weighted by molar-refractivity contribution is 0.0940. The van der Waals surface area contributed by atoms with Gasteiger partial charge in [0.25, 0.3) is 5.91 Å². The van der Waals surface area contributed by atoms with Crippen LogP contribution in [0, 0.1) is 0 Å². The van der Waals surface area contributed by atoms with Crippen LogP contribution >= 0.6 is 0 Å². The third kappa shape index (κ3) is 2.64. The van der Waals surface area contributed by atoms with Gasteiger partial charge in [-0.15, -0.1) is 0 Å². The summed E-state index contributed by atoms with van der Waals surface area (Å²) in [6.45, 7) is 0.236. The number of amides is 1. The van der Waals surface area contributed by atoms with E-state index in [2.05, 4.69) is 15.3 Å². The van der Waals surface area contributed by atoms with Crippen LogP contribution in [0.4, 0.5) is 0 Å². The molecule has 3 heterocycles. The number of aliphatic hydroxyl groups is 1. The summed E-state index contributed by atoms with van der Waals surface area (Å²) in [5, 5.41) is 13.6. The summed E-state index contributed by atoms with van der Waals surface area (Å²) in [4.78, 5) is 20.6. The zero-order chi connectivity index (χ0) is 19.1. The molecule has 0 bridgehead atoms. The Hall–Kier alpha value is -3.58. The molecule has 0 aliphatic carbocycles. The number of ether oxygens (including phenoxy) is 2. The summed E-state index contributed by atoms with van der Waals surface area (Å²) < 4.78 is 10.9. The van der Waals surface area contributed by atoms with Crippen molar-refractivity contribution in [1.82, 2.24) is 15.3 Å². The van der Waals surface area contributed by atoms with Crippen LogP contribution in [0.3, 0.4) is 0 Å². The molecule has 4 aromatic rings. The number of hydrogen-bond donors (Lipinski definition) is 3.